The second-order valence-electron chi connectivity index (χ2n) is 3.29. The van der Waals surface area contributed by atoms with Gasteiger partial charge in [-0.1, -0.05) is 37.9 Å². The van der Waals surface area contributed by atoms with Crippen LogP contribution in [0.25, 0.3) is 0 Å². The third-order valence-corrected chi connectivity index (χ3v) is 2.25. The third kappa shape index (κ3) is 8.57. The molecule has 0 bridgehead atoms. The minimum atomic E-state index is 0.206. The zero-order valence-electron chi connectivity index (χ0n) is 10.2. The quantitative estimate of drug-likeness (QED) is 0.726. The molecular formula is C13H22ClNO. The van der Waals surface area contributed by atoms with E-state index in [0.29, 0.717) is 5.02 Å². The minimum Gasteiger partial charge on any atom is -0.508 e. The molecule has 0 radical (unpaired) electrons. The van der Waals surface area contributed by atoms with Gasteiger partial charge < -0.3 is 10.4 Å². The number of nitrogens with one attached hydrogen (secondary N) is 1. The summed E-state index contributed by atoms with van der Waals surface area (Å²) in [6, 6.07) is 6.46. The van der Waals surface area contributed by atoms with Gasteiger partial charge in [0, 0.05) is 5.02 Å². The van der Waals surface area contributed by atoms with Crippen LogP contribution in [0.1, 0.15) is 33.1 Å². The summed E-state index contributed by atoms with van der Waals surface area (Å²) in [5, 5.41) is 12.6. The maximum absolute atomic E-state index is 8.73. The molecular weight excluding hydrogens is 222 g/mol. The Balaban J connectivity index is 0.000000251. The molecule has 0 spiro atoms. The number of hydrogen-bond acceptors (Lipinski definition) is 2. The smallest absolute Gasteiger partial charge is 0.117 e. The van der Waals surface area contributed by atoms with Crippen LogP contribution in [0.4, 0.5) is 0 Å². The summed E-state index contributed by atoms with van der Waals surface area (Å²) >= 11 is 5.48. The normalized spacial score (nSPS) is 13.9. The molecule has 1 aromatic rings. The third-order valence-electron chi connectivity index (χ3n) is 2.02. The maximum Gasteiger partial charge on any atom is 0.117 e. The van der Waals surface area contributed by atoms with Gasteiger partial charge in [0.2, 0.25) is 0 Å². The van der Waals surface area contributed by atoms with E-state index >= 15 is 0 Å². The van der Waals surface area contributed by atoms with Gasteiger partial charge in [0.05, 0.1) is 0 Å². The number of rotatable bonds is 0. The average Bonchev–Trinajstić information content (AvgIpc) is 2.34. The lowest BCUT2D eigenvalue weighted by Gasteiger charge is -2.08. The molecule has 1 aliphatic rings. The Labute approximate surface area is 104 Å². The van der Waals surface area contributed by atoms with Crippen molar-refractivity contribution >= 4 is 11.6 Å². The summed E-state index contributed by atoms with van der Waals surface area (Å²) in [5.41, 5.74) is 0. The highest BCUT2D eigenvalue weighted by molar-refractivity contribution is 6.30. The summed E-state index contributed by atoms with van der Waals surface area (Å²) < 4.78 is 0. The van der Waals surface area contributed by atoms with Crippen molar-refractivity contribution in [3.05, 3.63) is 29.3 Å². The predicted molar refractivity (Wildman–Crippen MR) is 71.2 cm³/mol. The van der Waals surface area contributed by atoms with Crippen LogP contribution < -0.4 is 5.32 Å². The Morgan fingerprint density at radius 3 is 2.00 bits per heavy atom. The van der Waals surface area contributed by atoms with E-state index in [2.05, 4.69) is 5.32 Å². The molecule has 0 amide bonds. The van der Waals surface area contributed by atoms with Gasteiger partial charge in [0.15, 0.2) is 0 Å². The van der Waals surface area contributed by atoms with E-state index in [0.717, 1.165) is 0 Å². The molecule has 1 aliphatic heterocycles. The summed E-state index contributed by atoms with van der Waals surface area (Å²) in [7, 11) is 0. The molecule has 1 saturated heterocycles. The SMILES string of the molecule is C1CCNCC1.CC.Oc1cccc(Cl)c1. The summed E-state index contributed by atoms with van der Waals surface area (Å²) in [6.45, 7) is 6.50. The lowest BCUT2D eigenvalue weighted by molar-refractivity contribution is 0.475. The van der Waals surface area contributed by atoms with E-state index in [1.807, 2.05) is 13.8 Å². The van der Waals surface area contributed by atoms with E-state index in [1.165, 1.54) is 38.4 Å². The number of aromatic hydroxyl groups is 1. The van der Waals surface area contributed by atoms with Crippen molar-refractivity contribution in [1.82, 2.24) is 5.32 Å². The highest BCUT2D eigenvalue weighted by atomic mass is 35.5. The van der Waals surface area contributed by atoms with Gasteiger partial charge in [-0.15, -0.1) is 0 Å². The Morgan fingerprint density at radius 2 is 1.75 bits per heavy atom. The molecule has 16 heavy (non-hydrogen) atoms. The predicted octanol–water partition coefficient (Wildman–Crippen LogP) is 3.83. The molecule has 0 saturated carbocycles. The lowest BCUT2D eigenvalue weighted by atomic mass is 10.2. The number of phenols is 1. The van der Waals surface area contributed by atoms with E-state index < -0.39 is 0 Å². The van der Waals surface area contributed by atoms with Crippen LogP contribution in [0.15, 0.2) is 24.3 Å². The van der Waals surface area contributed by atoms with Gasteiger partial charge in [0.1, 0.15) is 5.75 Å². The molecule has 1 heterocycles. The Hall–Kier alpha value is -0.730. The van der Waals surface area contributed by atoms with Gasteiger partial charge in [-0.3, -0.25) is 0 Å². The van der Waals surface area contributed by atoms with Crippen molar-refractivity contribution in [2.45, 2.75) is 33.1 Å². The number of phenolic OH excluding ortho intramolecular Hbond substituents is 1. The number of hydrogen-bond donors (Lipinski definition) is 2. The number of halogens is 1. The Kier molecular flexibility index (Phi) is 10.3. The van der Waals surface area contributed by atoms with Crippen LogP contribution in [0.3, 0.4) is 0 Å². The van der Waals surface area contributed by atoms with Crippen molar-refractivity contribution in [1.29, 1.82) is 0 Å². The van der Waals surface area contributed by atoms with E-state index in [-0.39, 0.29) is 5.75 Å². The first-order valence-corrected chi connectivity index (χ1v) is 6.32. The molecule has 2 N–H and O–H groups in total. The van der Waals surface area contributed by atoms with Gasteiger partial charge in [-0.25, -0.2) is 0 Å². The highest BCUT2D eigenvalue weighted by Crippen LogP contribution is 2.14. The van der Waals surface area contributed by atoms with E-state index in [4.69, 9.17) is 16.7 Å². The van der Waals surface area contributed by atoms with Gasteiger partial charge in [-0.2, -0.15) is 0 Å². The van der Waals surface area contributed by atoms with Crippen LogP contribution in [0, 0.1) is 0 Å². The second-order valence-corrected chi connectivity index (χ2v) is 3.73. The molecule has 2 nitrogen and oxygen atoms in total. The van der Waals surface area contributed by atoms with E-state index in [9.17, 15) is 0 Å². The van der Waals surface area contributed by atoms with Crippen LogP contribution in [0.2, 0.25) is 5.02 Å². The first kappa shape index (κ1) is 15.3. The molecule has 1 fully saturated rings. The fourth-order valence-corrected chi connectivity index (χ4v) is 1.46. The fraction of sp³-hybridized carbons (Fsp3) is 0.538. The highest BCUT2D eigenvalue weighted by Gasteiger charge is 1.93. The van der Waals surface area contributed by atoms with Crippen molar-refractivity contribution in [3.8, 4) is 5.75 Å². The number of piperidine rings is 1. The fourth-order valence-electron chi connectivity index (χ4n) is 1.28. The zero-order valence-corrected chi connectivity index (χ0v) is 10.9. The molecule has 92 valence electrons. The first-order valence-electron chi connectivity index (χ1n) is 5.94. The average molecular weight is 244 g/mol. The van der Waals surface area contributed by atoms with E-state index in [1.54, 1.807) is 18.2 Å². The molecule has 2 rings (SSSR count). The summed E-state index contributed by atoms with van der Waals surface area (Å²) in [6.07, 6.45) is 4.22. The van der Waals surface area contributed by atoms with Crippen LogP contribution >= 0.6 is 11.6 Å². The summed E-state index contributed by atoms with van der Waals surface area (Å²) in [4.78, 5) is 0. The molecule has 3 heteroatoms. The van der Waals surface area contributed by atoms with Crippen molar-refractivity contribution in [2.75, 3.05) is 13.1 Å². The lowest BCUT2D eigenvalue weighted by Crippen LogP contribution is -2.21. The molecule has 1 aromatic carbocycles. The van der Waals surface area contributed by atoms with Crippen LogP contribution in [0.5, 0.6) is 5.75 Å². The Morgan fingerprint density at radius 1 is 1.12 bits per heavy atom. The topological polar surface area (TPSA) is 32.3 Å². The van der Waals surface area contributed by atoms with Crippen molar-refractivity contribution in [3.63, 3.8) is 0 Å². The summed E-state index contributed by atoms with van der Waals surface area (Å²) in [5.74, 6) is 0.206. The standard InChI is InChI=1S/C6H5ClO.C5H11N.C2H6/c7-5-2-1-3-6(8)4-5;1-2-4-6-5-3-1;1-2/h1-4,8H;6H,1-5H2;1-2H3. The van der Waals surface area contributed by atoms with Crippen LogP contribution in [-0.4, -0.2) is 18.2 Å². The molecule has 0 aliphatic carbocycles. The van der Waals surface area contributed by atoms with Gasteiger partial charge >= 0.3 is 0 Å². The second kappa shape index (κ2) is 10.8. The molecule has 0 atom stereocenters. The monoisotopic (exact) mass is 243 g/mol. The Bertz CT molecular complexity index is 233. The van der Waals surface area contributed by atoms with Gasteiger partial charge in [0.25, 0.3) is 0 Å². The maximum atomic E-state index is 8.73. The van der Waals surface area contributed by atoms with Crippen molar-refractivity contribution < 1.29 is 5.11 Å². The van der Waals surface area contributed by atoms with Crippen molar-refractivity contribution in [2.24, 2.45) is 0 Å². The zero-order chi connectivity index (χ0) is 12.2. The van der Waals surface area contributed by atoms with Gasteiger partial charge in [-0.05, 0) is 44.1 Å². The van der Waals surface area contributed by atoms with Crippen LogP contribution in [-0.2, 0) is 0 Å². The molecule has 0 unspecified atom stereocenters. The minimum absolute atomic E-state index is 0.206. The largest absolute Gasteiger partial charge is 0.508 e. The molecule has 0 aromatic heterocycles. The first-order chi connectivity index (χ1) is 7.79. The number of benzene rings is 1.